The van der Waals surface area contributed by atoms with E-state index in [4.69, 9.17) is 10.00 Å². The van der Waals surface area contributed by atoms with Crippen molar-refractivity contribution in [3.63, 3.8) is 0 Å². The van der Waals surface area contributed by atoms with Gasteiger partial charge in [0.25, 0.3) is 0 Å². The van der Waals surface area contributed by atoms with E-state index in [1.807, 2.05) is 17.0 Å². The van der Waals surface area contributed by atoms with Gasteiger partial charge >= 0.3 is 6.18 Å². The number of nitriles is 1. The molecule has 0 bridgehead atoms. The van der Waals surface area contributed by atoms with Gasteiger partial charge in [0, 0.05) is 25.9 Å². The van der Waals surface area contributed by atoms with Gasteiger partial charge in [0.1, 0.15) is 17.9 Å². The van der Waals surface area contributed by atoms with Crippen molar-refractivity contribution in [2.45, 2.75) is 44.9 Å². The zero-order valence-electron chi connectivity index (χ0n) is 15.8. The number of aromatic nitrogens is 1. The molecule has 148 valence electrons. The minimum atomic E-state index is -4.60. The van der Waals surface area contributed by atoms with Crippen molar-refractivity contribution in [1.29, 1.82) is 5.26 Å². The molecule has 0 unspecified atom stereocenters. The third kappa shape index (κ3) is 4.56. The van der Waals surface area contributed by atoms with Crippen LogP contribution in [0.25, 0.3) is 0 Å². The minimum Gasteiger partial charge on any atom is -0.490 e. The molecule has 0 amide bonds. The third-order valence-corrected chi connectivity index (χ3v) is 4.94. The number of ether oxygens (including phenoxy) is 1. The summed E-state index contributed by atoms with van der Waals surface area (Å²) < 4.78 is 45.4. The zero-order chi connectivity index (χ0) is 20.3. The second kappa shape index (κ2) is 8.09. The van der Waals surface area contributed by atoms with Gasteiger partial charge in [-0.3, -0.25) is 0 Å². The quantitative estimate of drug-likeness (QED) is 0.726. The number of rotatable bonds is 4. The number of piperidine rings is 1. The molecule has 4 nitrogen and oxygen atoms in total. The van der Waals surface area contributed by atoms with Gasteiger partial charge < -0.3 is 9.64 Å². The molecular weight excluding hydrogens is 367 g/mol. The molecule has 7 heteroatoms. The van der Waals surface area contributed by atoms with Crippen molar-refractivity contribution in [2.24, 2.45) is 0 Å². The zero-order valence-corrected chi connectivity index (χ0v) is 15.8. The summed E-state index contributed by atoms with van der Waals surface area (Å²) in [5.41, 5.74) is 0.0393. The Hall–Kier alpha value is -2.75. The fraction of sp³-hybridized carbons (Fsp3) is 0.429. The van der Waals surface area contributed by atoms with E-state index in [9.17, 15) is 13.2 Å². The molecular formula is C21H22F3N3O. The number of pyridine rings is 1. The van der Waals surface area contributed by atoms with Crippen LogP contribution in [-0.4, -0.2) is 24.2 Å². The van der Waals surface area contributed by atoms with Gasteiger partial charge in [0.15, 0.2) is 5.69 Å². The predicted molar refractivity (Wildman–Crippen MR) is 100 cm³/mol. The van der Waals surface area contributed by atoms with E-state index in [1.165, 1.54) is 17.8 Å². The molecule has 1 aromatic heterocycles. The van der Waals surface area contributed by atoms with Crippen LogP contribution in [-0.2, 0) is 6.18 Å². The Bertz CT molecular complexity index is 849. The normalized spacial score (nSPS) is 15.5. The molecule has 1 fully saturated rings. The summed E-state index contributed by atoms with van der Waals surface area (Å²) in [7, 11) is 0. The molecule has 1 saturated heterocycles. The standard InChI is InChI=1S/C21H22F3N3O/c1-14(2)15-3-5-17(6-4-15)28-18-7-9-27(10-8-18)16-11-19(21(22,23)24)20(12-25)26-13-16/h3-6,11,13-14,18H,7-10H2,1-2H3. The van der Waals surface area contributed by atoms with Crippen LogP contribution in [0.2, 0.25) is 0 Å². The van der Waals surface area contributed by atoms with Crippen LogP contribution in [0.4, 0.5) is 18.9 Å². The van der Waals surface area contributed by atoms with Gasteiger partial charge in [0.05, 0.1) is 17.4 Å². The fourth-order valence-electron chi connectivity index (χ4n) is 3.29. The average Bonchev–Trinajstić information content (AvgIpc) is 2.68. The molecule has 0 radical (unpaired) electrons. The largest absolute Gasteiger partial charge is 0.490 e. The van der Waals surface area contributed by atoms with Crippen molar-refractivity contribution in [2.75, 3.05) is 18.0 Å². The number of benzene rings is 1. The maximum absolute atomic E-state index is 13.1. The lowest BCUT2D eigenvalue weighted by atomic mass is 10.0. The van der Waals surface area contributed by atoms with Crippen LogP contribution in [0.5, 0.6) is 5.75 Å². The highest BCUT2D eigenvalue weighted by molar-refractivity contribution is 5.51. The van der Waals surface area contributed by atoms with Crippen LogP contribution in [0.1, 0.15) is 49.4 Å². The minimum absolute atomic E-state index is 0.0228. The summed E-state index contributed by atoms with van der Waals surface area (Å²) >= 11 is 0. The van der Waals surface area contributed by atoms with Gasteiger partial charge in [-0.05, 0) is 29.7 Å². The lowest BCUT2D eigenvalue weighted by Crippen LogP contribution is -2.38. The van der Waals surface area contributed by atoms with Crippen LogP contribution in [0.15, 0.2) is 36.5 Å². The molecule has 2 aromatic rings. The number of halogens is 3. The molecule has 1 aliphatic heterocycles. The molecule has 0 aliphatic carbocycles. The van der Waals surface area contributed by atoms with Crippen molar-refractivity contribution < 1.29 is 17.9 Å². The van der Waals surface area contributed by atoms with Crippen molar-refractivity contribution >= 4 is 5.69 Å². The highest BCUT2D eigenvalue weighted by Crippen LogP contribution is 2.34. The van der Waals surface area contributed by atoms with Crippen molar-refractivity contribution in [3.8, 4) is 11.8 Å². The molecule has 1 aliphatic rings. The summed E-state index contributed by atoms with van der Waals surface area (Å²) in [5, 5.41) is 8.86. The van der Waals surface area contributed by atoms with Crippen LogP contribution in [0.3, 0.4) is 0 Å². The predicted octanol–water partition coefficient (Wildman–Crippen LogP) is 5.14. The van der Waals surface area contributed by atoms with Gasteiger partial charge in [-0.1, -0.05) is 26.0 Å². The number of nitrogens with zero attached hydrogens (tertiary/aromatic N) is 3. The number of hydrogen-bond donors (Lipinski definition) is 0. The molecule has 0 atom stereocenters. The van der Waals surface area contributed by atoms with E-state index >= 15 is 0 Å². The SMILES string of the molecule is CC(C)c1ccc(OC2CCN(c3cnc(C#N)c(C(F)(F)F)c3)CC2)cc1. The van der Waals surface area contributed by atoms with Gasteiger partial charge in [-0.25, -0.2) is 4.98 Å². The first kappa shape index (κ1) is 20.0. The first-order valence-electron chi connectivity index (χ1n) is 9.27. The van der Waals surface area contributed by atoms with E-state index < -0.39 is 17.4 Å². The van der Waals surface area contributed by atoms with Gasteiger partial charge in [-0.2, -0.15) is 18.4 Å². The molecule has 3 rings (SSSR count). The van der Waals surface area contributed by atoms with Crippen molar-refractivity contribution in [1.82, 2.24) is 4.98 Å². The van der Waals surface area contributed by atoms with Crippen LogP contribution in [0, 0.1) is 11.3 Å². The van der Waals surface area contributed by atoms with E-state index in [1.54, 1.807) is 0 Å². The molecule has 0 spiro atoms. The molecule has 2 heterocycles. The maximum Gasteiger partial charge on any atom is 0.419 e. The summed E-state index contributed by atoms with van der Waals surface area (Å²) in [6.07, 6.45) is -1.84. The summed E-state index contributed by atoms with van der Waals surface area (Å²) in [4.78, 5) is 5.55. The Morgan fingerprint density at radius 3 is 2.36 bits per heavy atom. The first-order valence-corrected chi connectivity index (χ1v) is 9.27. The monoisotopic (exact) mass is 389 g/mol. The second-order valence-corrected chi connectivity index (χ2v) is 7.23. The Kier molecular flexibility index (Phi) is 5.78. The van der Waals surface area contributed by atoms with Gasteiger partial charge in [-0.15, -0.1) is 0 Å². The van der Waals surface area contributed by atoms with E-state index in [2.05, 4.69) is 31.0 Å². The van der Waals surface area contributed by atoms with Gasteiger partial charge in [0.2, 0.25) is 0 Å². The molecule has 0 saturated carbocycles. The van der Waals surface area contributed by atoms with E-state index in [0.717, 1.165) is 11.8 Å². The number of anilines is 1. The van der Waals surface area contributed by atoms with E-state index in [-0.39, 0.29) is 6.10 Å². The first-order chi connectivity index (χ1) is 13.3. The number of alkyl halides is 3. The topological polar surface area (TPSA) is 49.1 Å². The number of hydrogen-bond acceptors (Lipinski definition) is 4. The van der Waals surface area contributed by atoms with Crippen molar-refractivity contribution in [3.05, 3.63) is 53.3 Å². The summed E-state index contributed by atoms with van der Waals surface area (Å²) in [6.45, 7) is 5.40. The molecule has 28 heavy (non-hydrogen) atoms. The average molecular weight is 389 g/mol. The lowest BCUT2D eigenvalue weighted by Gasteiger charge is -2.33. The lowest BCUT2D eigenvalue weighted by molar-refractivity contribution is -0.138. The third-order valence-electron chi connectivity index (χ3n) is 4.94. The van der Waals surface area contributed by atoms with Crippen LogP contribution < -0.4 is 9.64 Å². The maximum atomic E-state index is 13.1. The summed E-state index contributed by atoms with van der Waals surface area (Å²) in [6, 6.07) is 10.5. The summed E-state index contributed by atoms with van der Waals surface area (Å²) in [5.74, 6) is 1.27. The van der Waals surface area contributed by atoms with E-state index in [0.29, 0.717) is 37.5 Å². The molecule has 0 N–H and O–H groups in total. The Balaban J connectivity index is 1.63. The Morgan fingerprint density at radius 1 is 1.18 bits per heavy atom. The fourth-order valence-corrected chi connectivity index (χ4v) is 3.29. The highest BCUT2D eigenvalue weighted by Gasteiger charge is 2.35. The molecule has 1 aromatic carbocycles. The Labute approximate surface area is 162 Å². The second-order valence-electron chi connectivity index (χ2n) is 7.23. The smallest absolute Gasteiger partial charge is 0.419 e. The highest BCUT2D eigenvalue weighted by atomic mass is 19.4. The Morgan fingerprint density at radius 2 is 1.82 bits per heavy atom. The van der Waals surface area contributed by atoms with Crippen LogP contribution >= 0.6 is 0 Å².